The lowest BCUT2D eigenvalue weighted by Crippen LogP contribution is -2.43. The van der Waals surface area contributed by atoms with Crippen molar-refractivity contribution in [2.45, 2.75) is 65.1 Å². The second-order valence-corrected chi connectivity index (χ2v) is 7.68. The summed E-state index contributed by atoms with van der Waals surface area (Å²) in [6, 6.07) is 0. The molecular weight excluding hydrogens is 333 g/mol. The number of hydrogen-bond donors (Lipinski definition) is 2. The molecule has 0 aromatic heterocycles. The Hall–Kier alpha value is -0.460. The number of ether oxygens (including phenoxy) is 1. The van der Waals surface area contributed by atoms with Crippen molar-refractivity contribution in [2.75, 3.05) is 32.9 Å². The predicted molar refractivity (Wildman–Crippen MR) is 94.1 cm³/mol. The SMILES string of the molecule is CCCCCCNCCC(O)(C(=O)OCC)P(=O)(OCC)OCC. The maximum absolute atomic E-state index is 12.9. The van der Waals surface area contributed by atoms with Gasteiger partial charge in [-0.2, -0.15) is 0 Å². The fraction of sp³-hybridized carbons (Fsp3) is 0.938. The van der Waals surface area contributed by atoms with Crippen LogP contribution in [0.3, 0.4) is 0 Å². The summed E-state index contributed by atoms with van der Waals surface area (Å²) in [4.78, 5) is 12.2. The number of hydrogen-bond acceptors (Lipinski definition) is 7. The number of unbranched alkanes of at least 4 members (excludes halogenated alkanes) is 3. The van der Waals surface area contributed by atoms with Crippen molar-refractivity contribution in [1.29, 1.82) is 0 Å². The van der Waals surface area contributed by atoms with E-state index in [1.807, 2.05) is 0 Å². The molecule has 0 amide bonds. The minimum Gasteiger partial charge on any atom is -0.463 e. The standard InChI is InChI=1S/C16H34NO6P/c1-5-9-10-11-13-17-14-12-16(19,15(18)21-6-2)24(20,22-7-3)23-8-4/h17,19H,5-14H2,1-4H3. The van der Waals surface area contributed by atoms with Crippen LogP contribution in [0.2, 0.25) is 0 Å². The topological polar surface area (TPSA) is 94.1 Å². The van der Waals surface area contributed by atoms with Gasteiger partial charge in [-0.15, -0.1) is 0 Å². The van der Waals surface area contributed by atoms with E-state index < -0.39 is 18.9 Å². The van der Waals surface area contributed by atoms with Crippen LogP contribution < -0.4 is 5.32 Å². The number of aliphatic hydroxyl groups is 1. The molecule has 0 aromatic carbocycles. The highest BCUT2D eigenvalue weighted by Crippen LogP contribution is 2.60. The molecule has 24 heavy (non-hydrogen) atoms. The Morgan fingerprint density at radius 3 is 2.12 bits per heavy atom. The molecule has 0 saturated carbocycles. The molecule has 0 aliphatic rings. The summed E-state index contributed by atoms with van der Waals surface area (Å²) in [5.41, 5.74) is 0. The summed E-state index contributed by atoms with van der Waals surface area (Å²) in [5, 5.41) is 11.7. The molecule has 0 bridgehead atoms. The molecule has 0 fully saturated rings. The largest absolute Gasteiger partial charge is 0.463 e. The molecule has 0 rings (SSSR count). The van der Waals surface area contributed by atoms with Crippen molar-refractivity contribution in [3.8, 4) is 0 Å². The number of esters is 1. The highest BCUT2D eigenvalue weighted by molar-refractivity contribution is 7.56. The highest BCUT2D eigenvalue weighted by Gasteiger charge is 2.56. The van der Waals surface area contributed by atoms with Crippen molar-refractivity contribution in [1.82, 2.24) is 5.32 Å². The molecular formula is C16H34NO6P. The van der Waals surface area contributed by atoms with Crippen LogP contribution in [-0.2, 0) is 23.1 Å². The molecule has 144 valence electrons. The zero-order valence-corrected chi connectivity index (χ0v) is 16.4. The quantitative estimate of drug-likeness (QED) is 0.261. The van der Waals surface area contributed by atoms with Crippen molar-refractivity contribution in [3.63, 3.8) is 0 Å². The third-order valence-electron chi connectivity index (χ3n) is 3.51. The smallest absolute Gasteiger partial charge is 0.373 e. The second kappa shape index (κ2) is 12.8. The molecule has 0 heterocycles. The maximum atomic E-state index is 12.9. The van der Waals surface area contributed by atoms with Gasteiger partial charge >= 0.3 is 13.6 Å². The van der Waals surface area contributed by atoms with E-state index in [-0.39, 0.29) is 26.2 Å². The molecule has 8 heteroatoms. The van der Waals surface area contributed by atoms with Crippen molar-refractivity contribution >= 4 is 13.6 Å². The Labute approximate surface area is 146 Å². The minimum absolute atomic E-state index is 0.0590. The fourth-order valence-electron chi connectivity index (χ4n) is 2.25. The summed E-state index contributed by atoms with van der Waals surface area (Å²) in [7, 11) is -4.05. The summed E-state index contributed by atoms with van der Waals surface area (Å²) in [5.74, 6) is -0.969. The molecule has 0 radical (unpaired) electrons. The summed E-state index contributed by atoms with van der Waals surface area (Å²) in [6.45, 7) is 8.30. The lowest BCUT2D eigenvalue weighted by Gasteiger charge is -2.32. The van der Waals surface area contributed by atoms with E-state index in [0.29, 0.717) is 6.54 Å². The first-order valence-corrected chi connectivity index (χ1v) is 10.5. The molecule has 0 spiro atoms. The van der Waals surface area contributed by atoms with Crippen LogP contribution in [0, 0.1) is 0 Å². The number of rotatable bonds is 15. The molecule has 0 aromatic rings. The number of carbonyl (C=O) groups excluding carboxylic acids is 1. The van der Waals surface area contributed by atoms with Crippen molar-refractivity contribution in [3.05, 3.63) is 0 Å². The van der Waals surface area contributed by atoms with Crippen LogP contribution in [0.15, 0.2) is 0 Å². The van der Waals surface area contributed by atoms with E-state index in [1.165, 1.54) is 6.42 Å². The van der Waals surface area contributed by atoms with Crippen LogP contribution in [0.4, 0.5) is 0 Å². The van der Waals surface area contributed by atoms with Gasteiger partial charge in [0.1, 0.15) is 0 Å². The summed E-state index contributed by atoms with van der Waals surface area (Å²) >= 11 is 0. The predicted octanol–water partition coefficient (Wildman–Crippen LogP) is 3.06. The van der Waals surface area contributed by atoms with Gasteiger partial charge in [-0.1, -0.05) is 26.2 Å². The number of carbonyl (C=O) groups is 1. The Morgan fingerprint density at radius 1 is 1.00 bits per heavy atom. The van der Waals surface area contributed by atoms with Crippen molar-refractivity contribution < 1.29 is 28.3 Å². The Bertz CT molecular complexity index is 383. The van der Waals surface area contributed by atoms with E-state index in [1.54, 1.807) is 20.8 Å². The zero-order chi connectivity index (χ0) is 18.5. The molecule has 0 saturated heterocycles. The molecule has 0 aliphatic heterocycles. The first-order valence-electron chi connectivity index (χ1n) is 8.91. The molecule has 2 N–H and O–H groups in total. The molecule has 7 nitrogen and oxygen atoms in total. The molecule has 0 aliphatic carbocycles. The molecule has 1 atom stereocenters. The third kappa shape index (κ3) is 7.19. The lowest BCUT2D eigenvalue weighted by molar-refractivity contribution is -0.158. The Morgan fingerprint density at radius 2 is 1.62 bits per heavy atom. The normalized spacial score (nSPS) is 14.4. The summed E-state index contributed by atoms with van der Waals surface area (Å²) < 4.78 is 28.2. The van der Waals surface area contributed by atoms with Gasteiger partial charge in [0, 0.05) is 6.42 Å². The van der Waals surface area contributed by atoms with Crippen molar-refractivity contribution in [2.24, 2.45) is 0 Å². The van der Waals surface area contributed by atoms with E-state index >= 15 is 0 Å². The van der Waals surface area contributed by atoms with Gasteiger partial charge in [0.15, 0.2) is 0 Å². The molecule has 1 unspecified atom stereocenters. The first-order chi connectivity index (χ1) is 11.4. The Balaban J connectivity index is 4.88. The van der Waals surface area contributed by atoms with E-state index in [4.69, 9.17) is 13.8 Å². The van der Waals surface area contributed by atoms with Gasteiger partial charge in [0.25, 0.3) is 5.34 Å². The van der Waals surface area contributed by atoms with E-state index in [2.05, 4.69) is 12.2 Å². The van der Waals surface area contributed by atoms with Crippen LogP contribution in [0.25, 0.3) is 0 Å². The van der Waals surface area contributed by atoms with Gasteiger partial charge in [-0.05, 0) is 40.3 Å². The second-order valence-electron chi connectivity index (χ2n) is 5.43. The maximum Gasteiger partial charge on any atom is 0.373 e. The van der Waals surface area contributed by atoms with E-state index in [0.717, 1.165) is 25.8 Å². The lowest BCUT2D eigenvalue weighted by atomic mass is 10.2. The average Bonchev–Trinajstić information content (AvgIpc) is 2.54. The van der Waals surface area contributed by atoms with Gasteiger partial charge in [0.2, 0.25) is 0 Å². The minimum atomic E-state index is -4.05. The average molecular weight is 367 g/mol. The van der Waals surface area contributed by atoms with Crippen LogP contribution in [0.1, 0.15) is 59.8 Å². The van der Waals surface area contributed by atoms with Gasteiger partial charge in [-0.3, -0.25) is 4.57 Å². The van der Waals surface area contributed by atoms with Crippen LogP contribution in [-0.4, -0.2) is 49.3 Å². The van der Waals surface area contributed by atoms with Gasteiger partial charge < -0.3 is 24.2 Å². The van der Waals surface area contributed by atoms with E-state index in [9.17, 15) is 14.5 Å². The summed E-state index contributed by atoms with van der Waals surface area (Å²) in [6.07, 6.45) is 4.38. The first kappa shape index (κ1) is 23.5. The highest BCUT2D eigenvalue weighted by atomic mass is 31.2. The monoisotopic (exact) mass is 367 g/mol. The fourth-order valence-corrected chi connectivity index (χ4v) is 4.11. The Kier molecular flexibility index (Phi) is 12.6. The van der Waals surface area contributed by atoms with Crippen LogP contribution in [0.5, 0.6) is 0 Å². The van der Waals surface area contributed by atoms with Crippen LogP contribution >= 0.6 is 7.60 Å². The van der Waals surface area contributed by atoms with Gasteiger partial charge in [0.05, 0.1) is 19.8 Å². The zero-order valence-electron chi connectivity index (χ0n) is 15.5. The number of nitrogens with one attached hydrogen (secondary N) is 1. The van der Waals surface area contributed by atoms with Gasteiger partial charge in [-0.25, -0.2) is 4.79 Å². The third-order valence-corrected chi connectivity index (χ3v) is 6.02.